The fourth-order valence-corrected chi connectivity index (χ4v) is 1.50. The maximum Gasteiger partial charge on any atom is 0.0420 e. The van der Waals surface area contributed by atoms with Gasteiger partial charge in [-0.15, -0.1) is 0 Å². The number of fused-ring (bicyclic) bond motifs is 1. The van der Waals surface area contributed by atoms with Gasteiger partial charge in [0.1, 0.15) is 0 Å². The fourth-order valence-electron chi connectivity index (χ4n) is 1.30. The Balaban J connectivity index is 2.55. The molecule has 1 aromatic rings. The van der Waals surface area contributed by atoms with E-state index >= 15 is 0 Å². The Labute approximate surface area is 70.7 Å². The third-order valence-corrected chi connectivity index (χ3v) is 2.14. The molecule has 0 aliphatic carbocycles. The van der Waals surface area contributed by atoms with Gasteiger partial charge < -0.3 is 5.32 Å². The van der Waals surface area contributed by atoms with Gasteiger partial charge in [0, 0.05) is 23.3 Å². The van der Waals surface area contributed by atoms with E-state index in [1.807, 2.05) is 12.1 Å². The number of para-hydroxylation sites is 1. The molecule has 1 heterocycles. The van der Waals surface area contributed by atoms with Crippen molar-refractivity contribution in [3.8, 4) is 0 Å². The summed E-state index contributed by atoms with van der Waals surface area (Å²) >= 11 is 5.63. The van der Waals surface area contributed by atoms with Crippen molar-refractivity contribution in [1.29, 1.82) is 0 Å². The number of nitrogens with one attached hydrogen (secondary N) is 1. The van der Waals surface area contributed by atoms with Crippen molar-refractivity contribution < 1.29 is 0 Å². The summed E-state index contributed by atoms with van der Waals surface area (Å²) in [5.74, 6) is 0. The molecular weight excluding hydrogens is 158 g/mol. The van der Waals surface area contributed by atoms with Crippen LogP contribution < -0.4 is 5.32 Å². The third kappa shape index (κ3) is 1.02. The van der Waals surface area contributed by atoms with Crippen LogP contribution in [0.25, 0.3) is 5.57 Å². The highest BCUT2D eigenvalue weighted by atomic mass is 35.5. The van der Waals surface area contributed by atoms with Gasteiger partial charge in [0.2, 0.25) is 0 Å². The molecule has 0 saturated heterocycles. The van der Waals surface area contributed by atoms with E-state index < -0.39 is 0 Å². The Morgan fingerprint density at radius 1 is 1.36 bits per heavy atom. The normalized spacial score (nSPS) is 18.1. The van der Waals surface area contributed by atoms with Crippen LogP contribution in [0.1, 0.15) is 5.56 Å². The smallest absolute Gasteiger partial charge is 0.0420 e. The number of rotatable bonds is 0. The van der Waals surface area contributed by atoms with Gasteiger partial charge in [-0.2, -0.15) is 0 Å². The van der Waals surface area contributed by atoms with Crippen LogP contribution in [0.3, 0.4) is 0 Å². The van der Waals surface area contributed by atoms with E-state index in [-0.39, 0.29) is 0 Å². The average Bonchev–Trinajstić information content (AvgIpc) is 2.47. The minimum Gasteiger partial charge on any atom is -0.380 e. The van der Waals surface area contributed by atoms with Gasteiger partial charge in [-0.3, -0.25) is 0 Å². The quantitative estimate of drug-likeness (QED) is 0.624. The lowest BCUT2D eigenvalue weighted by Gasteiger charge is -1.95. The van der Waals surface area contributed by atoms with Gasteiger partial charge in [-0.05, 0) is 11.6 Å². The predicted molar refractivity (Wildman–Crippen MR) is 48.8 cm³/mol. The van der Waals surface area contributed by atoms with E-state index in [1.54, 1.807) is 5.54 Å². The minimum atomic E-state index is 0.850. The van der Waals surface area contributed by atoms with Gasteiger partial charge >= 0.3 is 0 Å². The number of hydrogen-bond acceptors (Lipinski definition) is 1. The largest absolute Gasteiger partial charge is 0.380 e. The van der Waals surface area contributed by atoms with Crippen LogP contribution in [-0.2, 0) is 0 Å². The van der Waals surface area contributed by atoms with Crippen molar-refractivity contribution in [3.63, 3.8) is 0 Å². The number of hydrogen-bond donors (Lipinski definition) is 1. The minimum absolute atomic E-state index is 0.850. The number of anilines is 1. The first-order valence-corrected chi connectivity index (χ1v) is 3.98. The average molecular weight is 166 g/mol. The second-order valence-corrected chi connectivity index (χ2v) is 2.75. The molecule has 0 unspecified atom stereocenters. The Morgan fingerprint density at radius 3 is 3.00 bits per heavy atom. The number of halogens is 1. The van der Waals surface area contributed by atoms with Crippen molar-refractivity contribution in [2.24, 2.45) is 0 Å². The van der Waals surface area contributed by atoms with E-state index in [0.29, 0.717) is 0 Å². The zero-order valence-electron chi connectivity index (χ0n) is 5.97. The van der Waals surface area contributed by atoms with E-state index in [2.05, 4.69) is 17.4 Å². The van der Waals surface area contributed by atoms with Gasteiger partial charge in [0.15, 0.2) is 0 Å². The topological polar surface area (TPSA) is 12.0 Å². The molecule has 0 fully saturated rings. The Morgan fingerprint density at radius 2 is 2.18 bits per heavy atom. The van der Waals surface area contributed by atoms with Crippen LogP contribution in [0, 0.1) is 0 Å². The summed E-state index contributed by atoms with van der Waals surface area (Å²) in [5.41, 5.74) is 5.21. The summed E-state index contributed by atoms with van der Waals surface area (Å²) in [6.07, 6.45) is 0. The molecule has 1 aliphatic rings. The van der Waals surface area contributed by atoms with Crippen molar-refractivity contribution in [3.05, 3.63) is 35.4 Å². The van der Waals surface area contributed by atoms with Crippen molar-refractivity contribution >= 4 is 22.9 Å². The van der Waals surface area contributed by atoms with Crippen LogP contribution in [0.4, 0.5) is 5.69 Å². The summed E-state index contributed by atoms with van der Waals surface area (Å²) in [4.78, 5) is 0. The molecule has 1 N–H and O–H groups in total. The molecule has 2 heteroatoms. The molecule has 0 amide bonds. The van der Waals surface area contributed by atoms with Crippen molar-refractivity contribution in [2.75, 3.05) is 11.9 Å². The van der Waals surface area contributed by atoms with Crippen LogP contribution in [0.5, 0.6) is 0 Å². The Kier molecular flexibility index (Phi) is 1.59. The van der Waals surface area contributed by atoms with Gasteiger partial charge in [0.05, 0.1) is 0 Å². The molecule has 0 saturated carbocycles. The van der Waals surface area contributed by atoms with Gasteiger partial charge in [0.25, 0.3) is 0 Å². The first-order chi connectivity index (χ1) is 5.42. The summed E-state index contributed by atoms with van der Waals surface area (Å²) in [6, 6.07) is 8.17. The fraction of sp³-hybridized carbons (Fsp3) is 0.111. The highest BCUT2D eigenvalue weighted by Gasteiger charge is 2.12. The SMILES string of the molecule is Cl/C=C1/CNc2ccccc21. The van der Waals surface area contributed by atoms with Crippen LogP contribution >= 0.6 is 11.6 Å². The maximum absolute atomic E-state index is 5.63. The molecule has 1 nitrogen and oxygen atoms in total. The molecular formula is C9H8ClN. The summed E-state index contributed by atoms with van der Waals surface area (Å²) < 4.78 is 0. The lowest BCUT2D eigenvalue weighted by Crippen LogP contribution is -1.90. The molecule has 11 heavy (non-hydrogen) atoms. The molecule has 56 valence electrons. The van der Waals surface area contributed by atoms with Crippen LogP contribution in [0.15, 0.2) is 29.8 Å². The molecule has 2 rings (SSSR count). The van der Waals surface area contributed by atoms with Crippen LogP contribution in [-0.4, -0.2) is 6.54 Å². The molecule has 0 atom stereocenters. The Bertz CT molecular complexity index is 304. The van der Waals surface area contributed by atoms with Gasteiger partial charge in [-0.25, -0.2) is 0 Å². The molecule has 1 aromatic carbocycles. The molecule has 1 aliphatic heterocycles. The van der Waals surface area contributed by atoms with Crippen LogP contribution in [0.2, 0.25) is 0 Å². The molecule has 0 radical (unpaired) electrons. The van der Waals surface area contributed by atoms with Gasteiger partial charge in [-0.1, -0.05) is 29.8 Å². The Hall–Kier alpha value is -0.950. The highest BCUT2D eigenvalue weighted by molar-refractivity contribution is 6.28. The van der Waals surface area contributed by atoms with E-state index in [1.165, 1.54) is 16.8 Å². The zero-order chi connectivity index (χ0) is 7.68. The van der Waals surface area contributed by atoms with E-state index in [0.717, 1.165) is 6.54 Å². The predicted octanol–water partition coefficient (Wildman–Crippen LogP) is 2.69. The van der Waals surface area contributed by atoms with E-state index in [9.17, 15) is 0 Å². The summed E-state index contributed by atoms with van der Waals surface area (Å²) in [5, 5.41) is 3.25. The lowest BCUT2D eigenvalue weighted by molar-refractivity contribution is 1.45. The maximum atomic E-state index is 5.63. The number of benzene rings is 1. The second-order valence-electron chi connectivity index (χ2n) is 2.53. The standard InChI is InChI=1S/C9H8ClN/c10-5-7-6-11-9-4-2-1-3-8(7)9/h1-5,11H,6H2/b7-5-. The molecule has 0 bridgehead atoms. The third-order valence-electron chi connectivity index (χ3n) is 1.87. The summed E-state index contributed by atoms with van der Waals surface area (Å²) in [6.45, 7) is 0.850. The molecule has 0 aromatic heterocycles. The van der Waals surface area contributed by atoms with Crippen molar-refractivity contribution in [2.45, 2.75) is 0 Å². The lowest BCUT2D eigenvalue weighted by atomic mass is 10.1. The summed E-state index contributed by atoms with van der Waals surface area (Å²) in [7, 11) is 0. The zero-order valence-corrected chi connectivity index (χ0v) is 6.73. The monoisotopic (exact) mass is 165 g/mol. The first-order valence-electron chi connectivity index (χ1n) is 3.54. The highest BCUT2D eigenvalue weighted by Crippen LogP contribution is 2.30. The second kappa shape index (κ2) is 2.59. The van der Waals surface area contributed by atoms with Crippen molar-refractivity contribution in [1.82, 2.24) is 0 Å². The molecule has 0 spiro atoms. The van der Waals surface area contributed by atoms with E-state index in [4.69, 9.17) is 11.6 Å². The first kappa shape index (κ1) is 6.74.